The van der Waals surface area contributed by atoms with E-state index in [1.807, 2.05) is 38.1 Å². The molecule has 0 fully saturated rings. The van der Waals surface area contributed by atoms with Crippen molar-refractivity contribution in [3.8, 4) is 5.75 Å². The third-order valence-corrected chi connectivity index (χ3v) is 4.27. The Labute approximate surface area is 155 Å². The van der Waals surface area contributed by atoms with Gasteiger partial charge in [0.15, 0.2) is 0 Å². The van der Waals surface area contributed by atoms with E-state index < -0.39 is 0 Å². The summed E-state index contributed by atoms with van der Waals surface area (Å²) in [7, 11) is 0. The Bertz CT molecular complexity index is 687. The molecule has 2 aromatic rings. The van der Waals surface area contributed by atoms with E-state index in [0.29, 0.717) is 30.2 Å². The van der Waals surface area contributed by atoms with Crippen molar-refractivity contribution in [1.29, 1.82) is 0 Å². The first-order valence-corrected chi connectivity index (χ1v) is 9.15. The summed E-state index contributed by atoms with van der Waals surface area (Å²) in [5, 5.41) is 3.48. The summed E-state index contributed by atoms with van der Waals surface area (Å²) in [5.74, 6) is 0.799. The van der Waals surface area contributed by atoms with E-state index in [-0.39, 0.29) is 5.91 Å². The van der Waals surface area contributed by atoms with Crippen LogP contribution >= 0.6 is 11.6 Å². The second-order valence-electron chi connectivity index (χ2n) is 6.33. The van der Waals surface area contributed by atoms with Gasteiger partial charge in [0.1, 0.15) is 5.75 Å². The standard InChI is InChI=1S/C21H26ClNO2/c1-4-6-17-8-10-18(11-9-17)25-12-5-7-20(24)23-21-16(3)13-15(2)14-19(21)22/h8-11,13-14H,4-7,12H2,1-3H3,(H,23,24). The van der Waals surface area contributed by atoms with Crippen molar-refractivity contribution in [1.82, 2.24) is 0 Å². The van der Waals surface area contributed by atoms with Gasteiger partial charge in [-0.15, -0.1) is 0 Å². The molecular formula is C21H26ClNO2. The Morgan fingerprint density at radius 3 is 2.52 bits per heavy atom. The smallest absolute Gasteiger partial charge is 0.224 e. The molecule has 1 N–H and O–H groups in total. The highest BCUT2D eigenvalue weighted by Crippen LogP contribution is 2.27. The number of carbonyl (C=O) groups is 1. The predicted molar refractivity (Wildman–Crippen MR) is 105 cm³/mol. The van der Waals surface area contributed by atoms with Gasteiger partial charge >= 0.3 is 0 Å². The number of anilines is 1. The van der Waals surface area contributed by atoms with Crippen LogP contribution in [0.2, 0.25) is 5.02 Å². The summed E-state index contributed by atoms with van der Waals surface area (Å²) in [6, 6.07) is 12.0. The van der Waals surface area contributed by atoms with Gasteiger partial charge in [-0.05, 0) is 61.6 Å². The third kappa shape index (κ3) is 6.09. The summed E-state index contributed by atoms with van der Waals surface area (Å²) in [4.78, 5) is 12.1. The van der Waals surface area contributed by atoms with E-state index in [0.717, 1.165) is 29.7 Å². The maximum absolute atomic E-state index is 12.1. The van der Waals surface area contributed by atoms with Crippen LogP contribution in [0.5, 0.6) is 5.75 Å². The zero-order chi connectivity index (χ0) is 18.2. The Morgan fingerprint density at radius 1 is 1.16 bits per heavy atom. The topological polar surface area (TPSA) is 38.3 Å². The number of amides is 1. The number of hydrogen-bond acceptors (Lipinski definition) is 2. The van der Waals surface area contributed by atoms with Crippen molar-refractivity contribution < 1.29 is 9.53 Å². The highest BCUT2D eigenvalue weighted by Gasteiger charge is 2.09. The molecule has 0 saturated heterocycles. The quantitative estimate of drug-likeness (QED) is 0.613. The van der Waals surface area contributed by atoms with Crippen LogP contribution in [0.3, 0.4) is 0 Å². The summed E-state index contributed by atoms with van der Waals surface area (Å²) < 4.78 is 5.70. The van der Waals surface area contributed by atoms with E-state index in [1.165, 1.54) is 5.56 Å². The van der Waals surface area contributed by atoms with Crippen molar-refractivity contribution in [2.24, 2.45) is 0 Å². The number of hydrogen-bond donors (Lipinski definition) is 1. The number of carbonyl (C=O) groups excluding carboxylic acids is 1. The third-order valence-electron chi connectivity index (χ3n) is 3.98. The summed E-state index contributed by atoms with van der Waals surface area (Å²) in [6.07, 6.45) is 3.28. The fourth-order valence-electron chi connectivity index (χ4n) is 2.74. The maximum Gasteiger partial charge on any atom is 0.224 e. The Hall–Kier alpha value is -2.00. The number of ether oxygens (including phenoxy) is 1. The summed E-state index contributed by atoms with van der Waals surface area (Å²) in [5.41, 5.74) is 4.07. The van der Waals surface area contributed by atoms with Crippen LogP contribution in [-0.2, 0) is 11.2 Å². The zero-order valence-electron chi connectivity index (χ0n) is 15.2. The molecule has 2 rings (SSSR count). The average molecular weight is 360 g/mol. The summed E-state index contributed by atoms with van der Waals surface area (Å²) >= 11 is 6.22. The number of halogens is 1. The Kier molecular flexibility index (Phi) is 7.32. The van der Waals surface area contributed by atoms with Crippen LogP contribution in [0.15, 0.2) is 36.4 Å². The minimum atomic E-state index is -0.0456. The number of aryl methyl sites for hydroxylation is 3. The lowest BCUT2D eigenvalue weighted by Crippen LogP contribution is -2.14. The lowest BCUT2D eigenvalue weighted by molar-refractivity contribution is -0.116. The van der Waals surface area contributed by atoms with E-state index >= 15 is 0 Å². The lowest BCUT2D eigenvalue weighted by atomic mass is 10.1. The zero-order valence-corrected chi connectivity index (χ0v) is 16.0. The highest BCUT2D eigenvalue weighted by molar-refractivity contribution is 6.34. The highest BCUT2D eigenvalue weighted by atomic mass is 35.5. The monoisotopic (exact) mass is 359 g/mol. The van der Waals surface area contributed by atoms with Crippen molar-refractivity contribution in [3.63, 3.8) is 0 Å². The molecule has 0 atom stereocenters. The molecule has 0 radical (unpaired) electrons. The molecule has 0 aliphatic carbocycles. The van der Waals surface area contributed by atoms with Crippen molar-refractivity contribution in [2.45, 2.75) is 46.5 Å². The molecule has 1 amide bonds. The van der Waals surface area contributed by atoms with Gasteiger partial charge in [-0.3, -0.25) is 4.79 Å². The molecular weight excluding hydrogens is 334 g/mol. The van der Waals surface area contributed by atoms with Crippen LogP contribution in [0.25, 0.3) is 0 Å². The SMILES string of the molecule is CCCc1ccc(OCCCC(=O)Nc2c(C)cc(C)cc2Cl)cc1. The van der Waals surface area contributed by atoms with E-state index in [1.54, 1.807) is 0 Å². The fraction of sp³-hybridized carbons (Fsp3) is 0.381. The molecule has 0 aromatic heterocycles. The Balaban J connectivity index is 1.75. The molecule has 0 bridgehead atoms. The minimum Gasteiger partial charge on any atom is -0.494 e. The molecule has 0 spiro atoms. The van der Waals surface area contributed by atoms with Gasteiger partial charge < -0.3 is 10.1 Å². The van der Waals surface area contributed by atoms with Crippen LogP contribution in [0.1, 0.15) is 42.9 Å². The van der Waals surface area contributed by atoms with Gasteiger partial charge in [0.05, 0.1) is 17.3 Å². The van der Waals surface area contributed by atoms with Gasteiger partial charge in [0, 0.05) is 6.42 Å². The molecule has 3 nitrogen and oxygen atoms in total. The largest absolute Gasteiger partial charge is 0.494 e. The van der Waals surface area contributed by atoms with Crippen molar-refractivity contribution in [3.05, 3.63) is 58.1 Å². The van der Waals surface area contributed by atoms with Crippen LogP contribution in [0, 0.1) is 13.8 Å². The van der Waals surface area contributed by atoms with Gasteiger partial charge in [-0.1, -0.05) is 43.1 Å². The first kappa shape index (κ1) is 19.3. The molecule has 134 valence electrons. The van der Waals surface area contributed by atoms with Gasteiger partial charge in [0.25, 0.3) is 0 Å². The second kappa shape index (κ2) is 9.47. The average Bonchev–Trinajstić information content (AvgIpc) is 2.56. The normalized spacial score (nSPS) is 10.6. The predicted octanol–water partition coefficient (Wildman–Crippen LogP) is 5.71. The van der Waals surface area contributed by atoms with Crippen molar-refractivity contribution in [2.75, 3.05) is 11.9 Å². The maximum atomic E-state index is 12.1. The van der Waals surface area contributed by atoms with Crippen molar-refractivity contribution >= 4 is 23.2 Å². The van der Waals surface area contributed by atoms with E-state index in [2.05, 4.69) is 24.4 Å². The fourth-order valence-corrected chi connectivity index (χ4v) is 3.11. The molecule has 2 aromatic carbocycles. The lowest BCUT2D eigenvalue weighted by Gasteiger charge is -2.12. The first-order valence-electron chi connectivity index (χ1n) is 8.78. The van der Waals surface area contributed by atoms with Gasteiger partial charge in [-0.25, -0.2) is 0 Å². The number of benzene rings is 2. The minimum absolute atomic E-state index is 0.0456. The Morgan fingerprint density at radius 2 is 1.88 bits per heavy atom. The first-order chi connectivity index (χ1) is 12.0. The number of rotatable bonds is 8. The molecule has 4 heteroatoms. The van der Waals surface area contributed by atoms with Crippen LogP contribution in [-0.4, -0.2) is 12.5 Å². The van der Waals surface area contributed by atoms with E-state index in [9.17, 15) is 4.79 Å². The molecule has 0 aliphatic heterocycles. The van der Waals surface area contributed by atoms with Gasteiger partial charge in [-0.2, -0.15) is 0 Å². The molecule has 0 unspecified atom stereocenters. The van der Waals surface area contributed by atoms with E-state index in [4.69, 9.17) is 16.3 Å². The number of nitrogens with one attached hydrogen (secondary N) is 1. The molecule has 0 aliphatic rings. The molecule has 25 heavy (non-hydrogen) atoms. The second-order valence-corrected chi connectivity index (χ2v) is 6.74. The van der Waals surface area contributed by atoms with Crippen LogP contribution in [0.4, 0.5) is 5.69 Å². The van der Waals surface area contributed by atoms with Crippen LogP contribution < -0.4 is 10.1 Å². The molecule has 0 heterocycles. The summed E-state index contributed by atoms with van der Waals surface area (Å²) in [6.45, 7) is 6.61. The van der Waals surface area contributed by atoms with Gasteiger partial charge in [0.2, 0.25) is 5.91 Å². The molecule has 0 saturated carbocycles.